The highest BCUT2D eigenvalue weighted by atomic mass is 79.9. The van der Waals surface area contributed by atoms with Crippen LogP contribution < -0.4 is 15.5 Å². The maximum absolute atomic E-state index is 12.5. The van der Waals surface area contributed by atoms with Crippen molar-refractivity contribution in [3.63, 3.8) is 0 Å². The van der Waals surface area contributed by atoms with Crippen LogP contribution in [0.2, 0.25) is 0 Å². The molecule has 3 rings (SSSR count). The molecule has 1 saturated carbocycles. The van der Waals surface area contributed by atoms with Crippen LogP contribution in [0.5, 0.6) is 0 Å². The number of halogens is 2. The highest BCUT2D eigenvalue weighted by Gasteiger charge is 2.24. The van der Waals surface area contributed by atoms with Crippen molar-refractivity contribution in [2.75, 3.05) is 24.3 Å². The lowest BCUT2D eigenvalue weighted by Crippen LogP contribution is -2.40. The number of rotatable bonds is 5. The molecule has 1 fully saturated rings. The molecule has 8 heteroatoms. The molecule has 1 aliphatic carbocycles. The summed E-state index contributed by atoms with van der Waals surface area (Å²) in [5, 5.41) is 6.73. The second-order valence-electron chi connectivity index (χ2n) is 7.42. The minimum absolute atomic E-state index is 0.0271. The zero-order valence-corrected chi connectivity index (χ0v) is 19.5. The van der Waals surface area contributed by atoms with Crippen LogP contribution in [0.3, 0.4) is 0 Å². The summed E-state index contributed by atoms with van der Waals surface area (Å²) in [6.07, 6.45) is 5.74. The number of hydrogen-bond acceptors (Lipinski definition) is 5. The molecule has 28 heavy (non-hydrogen) atoms. The van der Waals surface area contributed by atoms with Crippen molar-refractivity contribution < 1.29 is 4.79 Å². The van der Waals surface area contributed by atoms with Gasteiger partial charge in [-0.05, 0) is 50.8 Å². The van der Waals surface area contributed by atoms with E-state index in [2.05, 4.69) is 52.5 Å². The number of carbonyl (C=O) groups is 1. The third kappa shape index (κ3) is 5.44. The molecule has 0 spiro atoms. The van der Waals surface area contributed by atoms with E-state index in [0.29, 0.717) is 17.6 Å². The second kappa shape index (κ2) is 9.22. The van der Waals surface area contributed by atoms with Gasteiger partial charge in [0.2, 0.25) is 5.95 Å². The molecule has 0 aliphatic heterocycles. The van der Waals surface area contributed by atoms with Crippen LogP contribution in [0, 0.1) is 6.92 Å². The smallest absolute Gasteiger partial charge is 0.251 e. The van der Waals surface area contributed by atoms with Gasteiger partial charge in [-0.3, -0.25) is 4.79 Å². The summed E-state index contributed by atoms with van der Waals surface area (Å²) in [6, 6.07) is 6.16. The monoisotopic (exact) mass is 509 g/mol. The molecule has 1 aromatic carbocycles. The summed E-state index contributed by atoms with van der Waals surface area (Å²) in [4.78, 5) is 23.4. The maximum atomic E-state index is 12.5. The lowest BCUT2D eigenvalue weighted by Gasteiger charge is -2.30. The second-order valence-corrected chi connectivity index (χ2v) is 9.25. The summed E-state index contributed by atoms with van der Waals surface area (Å²) in [6.45, 7) is 2.02. The van der Waals surface area contributed by atoms with E-state index in [0.717, 1.165) is 46.0 Å². The molecule has 1 heterocycles. The van der Waals surface area contributed by atoms with Gasteiger partial charge in [0.15, 0.2) is 0 Å². The molecule has 1 aliphatic rings. The first-order valence-corrected chi connectivity index (χ1v) is 10.9. The number of nitrogens with zero attached hydrogens (tertiary/aromatic N) is 3. The fourth-order valence-electron chi connectivity index (χ4n) is 3.32. The van der Waals surface area contributed by atoms with E-state index < -0.39 is 0 Å². The number of nitrogens with one attached hydrogen (secondary N) is 2. The van der Waals surface area contributed by atoms with Crippen molar-refractivity contribution in [3.8, 4) is 0 Å². The summed E-state index contributed by atoms with van der Waals surface area (Å²) in [5.41, 5.74) is 1.70. The van der Waals surface area contributed by atoms with Gasteiger partial charge in [0.1, 0.15) is 5.82 Å². The average molecular weight is 511 g/mol. The fraction of sp³-hybridized carbons (Fsp3) is 0.450. The van der Waals surface area contributed by atoms with Crippen LogP contribution in [0.1, 0.15) is 41.6 Å². The van der Waals surface area contributed by atoms with Gasteiger partial charge in [0.25, 0.3) is 5.91 Å². The lowest BCUT2D eigenvalue weighted by atomic mass is 9.91. The van der Waals surface area contributed by atoms with Gasteiger partial charge in [-0.1, -0.05) is 31.9 Å². The van der Waals surface area contributed by atoms with E-state index >= 15 is 0 Å². The predicted molar refractivity (Wildman–Crippen MR) is 120 cm³/mol. The summed E-state index contributed by atoms with van der Waals surface area (Å²) in [5.74, 6) is 1.57. The number of aromatic nitrogens is 2. The van der Waals surface area contributed by atoms with E-state index in [1.54, 1.807) is 0 Å². The Morgan fingerprint density at radius 1 is 1.07 bits per heavy atom. The molecule has 1 aromatic heterocycles. The molecule has 0 bridgehead atoms. The molecular weight excluding hydrogens is 486 g/mol. The van der Waals surface area contributed by atoms with E-state index in [1.807, 2.05) is 50.3 Å². The Labute approximate surface area is 182 Å². The standard InChI is InChI=1S/C20H25Br2N5O/c1-12-11-23-20(27(2)3)26-18(12)24-16-4-6-17(7-5-16)25-19(28)13-8-14(21)10-15(22)9-13/h8-11,16-17H,4-7H2,1-3H3,(H,25,28)(H,23,24,26). The van der Waals surface area contributed by atoms with E-state index in [-0.39, 0.29) is 11.9 Å². The third-order valence-electron chi connectivity index (χ3n) is 4.89. The Morgan fingerprint density at radius 3 is 2.29 bits per heavy atom. The van der Waals surface area contributed by atoms with Gasteiger partial charge in [-0.15, -0.1) is 0 Å². The molecule has 150 valence electrons. The highest BCUT2D eigenvalue weighted by molar-refractivity contribution is 9.11. The van der Waals surface area contributed by atoms with Crippen LogP contribution in [-0.4, -0.2) is 42.1 Å². The first-order chi connectivity index (χ1) is 13.3. The molecule has 2 N–H and O–H groups in total. The molecule has 0 saturated heterocycles. The molecule has 2 aromatic rings. The van der Waals surface area contributed by atoms with Gasteiger partial charge in [-0.2, -0.15) is 4.98 Å². The number of carbonyl (C=O) groups excluding carboxylic acids is 1. The van der Waals surface area contributed by atoms with Crippen molar-refractivity contribution >= 4 is 49.5 Å². The Hall–Kier alpha value is -1.67. The van der Waals surface area contributed by atoms with Crippen molar-refractivity contribution in [3.05, 3.63) is 44.5 Å². The minimum atomic E-state index is -0.0271. The van der Waals surface area contributed by atoms with Gasteiger partial charge in [0.05, 0.1) is 0 Å². The molecule has 0 unspecified atom stereocenters. The molecule has 1 amide bonds. The van der Waals surface area contributed by atoms with Crippen molar-refractivity contribution in [2.24, 2.45) is 0 Å². The van der Waals surface area contributed by atoms with E-state index in [1.165, 1.54) is 0 Å². The van der Waals surface area contributed by atoms with Gasteiger partial charge < -0.3 is 15.5 Å². The first kappa shape index (κ1) is 21.0. The molecule has 0 radical (unpaired) electrons. The van der Waals surface area contributed by atoms with Crippen LogP contribution in [0.4, 0.5) is 11.8 Å². The van der Waals surface area contributed by atoms with Gasteiger partial charge in [0, 0.05) is 52.4 Å². The number of aryl methyl sites for hydroxylation is 1. The zero-order valence-electron chi connectivity index (χ0n) is 16.3. The number of amides is 1. The minimum Gasteiger partial charge on any atom is -0.367 e. The normalized spacial score (nSPS) is 19.2. The quantitative estimate of drug-likeness (QED) is 0.618. The molecular formula is C20H25Br2N5O. The lowest BCUT2D eigenvalue weighted by molar-refractivity contribution is 0.0926. The number of hydrogen-bond donors (Lipinski definition) is 2. The van der Waals surface area contributed by atoms with E-state index in [4.69, 9.17) is 0 Å². The molecule has 0 atom stereocenters. The van der Waals surface area contributed by atoms with Crippen molar-refractivity contribution in [1.82, 2.24) is 15.3 Å². The van der Waals surface area contributed by atoms with Crippen LogP contribution in [0.25, 0.3) is 0 Å². The number of benzene rings is 1. The molecule has 6 nitrogen and oxygen atoms in total. The zero-order chi connectivity index (χ0) is 20.3. The topological polar surface area (TPSA) is 70.2 Å². The SMILES string of the molecule is Cc1cnc(N(C)C)nc1NC1CCC(NC(=O)c2cc(Br)cc(Br)c2)CC1. The largest absolute Gasteiger partial charge is 0.367 e. The average Bonchev–Trinajstić information content (AvgIpc) is 2.64. The third-order valence-corrected chi connectivity index (χ3v) is 5.80. The Balaban J connectivity index is 1.55. The summed E-state index contributed by atoms with van der Waals surface area (Å²) in [7, 11) is 3.87. The summed E-state index contributed by atoms with van der Waals surface area (Å²) >= 11 is 6.87. The number of anilines is 2. The van der Waals surface area contributed by atoms with Crippen LogP contribution >= 0.6 is 31.9 Å². The van der Waals surface area contributed by atoms with Crippen LogP contribution in [-0.2, 0) is 0 Å². The van der Waals surface area contributed by atoms with Crippen molar-refractivity contribution in [1.29, 1.82) is 0 Å². The Kier molecular flexibility index (Phi) is 6.93. The summed E-state index contributed by atoms with van der Waals surface area (Å²) < 4.78 is 1.77. The van der Waals surface area contributed by atoms with Gasteiger partial charge in [-0.25, -0.2) is 4.98 Å². The fourth-order valence-corrected chi connectivity index (χ4v) is 4.62. The maximum Gasteiger partial charge on any atom is 0.251 e. The van der Waals surface area contributed by atoms with Gasteiger partial charge >= 0.3 is 0 Å². The Morgan fingerprint density at radius 2 is 1.68 bits per heavy atom. The Bertz CT molecular complexity index is 830. The predicted octanol–water partition coefficient (Wildman–Crippen LogP) is 4.53. The van der Waals surface area contributed by atoms with Crippen LogP contribution in [0.15, 0.2) is 33.3 Å². The van der Waals surface area contributed by atoms with E-state index in [9.17, 15) is 4.79 Å². The first-order valence-electron chi connectivity index (χ1n) is 9.36. The highest BCUT2D eigenvalue weighted by Crippen LogP contribution is 2.25. The van der Waals surface area contributed by atoms with Crippen molar-refractivity contribution in [2.45, 2.75) is 44.7 Å².